The van der Waals surface area contributed by atoms with Crippen molar-refractivity contribution in [3.8, 4) is 0 Å². The fraction of sp³-hybridized carbons (Fsp3) is 0.727. The lowest BCUT2D eigenvalue weighted by Crippen LogP contribution is -2.31. The van der Waals surface area contributed by atoms with Gasteiger partial charge in [-0.25, -0.2) is 0 Å². The first-order chi connectivity index (χ1) is 6.92. The van der Waals surface area contributed by atoms with Crippen LogP contribution in [0.4, 0.5) is 0 Å². The minimum atomic E-state index is 0.623. The molecule has 14 heavy (non-hydrogen) atoms. The second kappa shape index (κ2) is 2.40. The number of H-pyrrole nitrogens is 1. The van der Waals surface area contributed by atoms with Gasteiger partial charge in [0.2, 0.25) is 0 Å². The van der Waals surface area contributed by atoms with Crippen molar-refractivity contribution in [3.05, 3.63) is 17.0 Å². The summed E-state index contributed by atoms with van der Waals surface area (Å²) < 4.78 is 0. The Hall–Kier alpha value is -0.830. The summed E-state index contributed by atoms with van der Waals surface area (Å²) in [5.74, 6) is 0.786. The first-order valence-corrected chi connectivity index (χ1v) is 5.75. The Balaban J connectivity index is 1.85. The lowest BCUT2D eigenvalue weighted by atomic mass is 9.98. The van der Waals surface area contributed by atoms with E-state index in [1.54, 1.807) is 5.56 Å². The average Bonchev–Trinajstić information content (AvgIpc) is 2.85. The van der Waals surface area contributed by atoms with Crippen LogP contribution in [0.1, 0.15) is 54.6 Å². The second-order valence-corrected chi connectivity index (χ2v) is 4.97. The lowest BCUT2D eigenvalue weighted by Gasteiger charge is -2.21. The van der Waals surface area contributed by atoms with Crippen molar-refractivity contribution < 1.29 is 0 Å². The molecule has 1 saturated carbocycles. The third-order valence-electron chi connectivity index (χ3n) is 3.92. The predicted molar refractivity (Wildman–Crippen MR) is 53.2 cm³/mol. The van der Waals surface area contributed by atoms with Crippen LogP contribution in [0.2, 0.25) is 0 Å². The topological polar surface area (TPSA) is 40.7 Å². The van der Waals surface area contributed by atoms with Crippen molar-refractivity contribution in [2.24, 2.45) is 0 Å². The molecule has 1 aromatic heterocycles. The maximum absolute atomic E-state index is 4.51. The predicted octanol–water partition coefficient (Wildman–Crippen LogP) is 1.64. The number of nitrogens with zero attached hydrogens (tertiary/aromatic N) is 1. The smallest absolute Gasteiger partial charge is 0.0703 e. The largest absolute Gasteiger partial charge is 0.307 e. The first kappa shape index (κ1) is 7.46. The fourth-order valence-electron chi connectivity index (χ4n) is 3.07. The zero-order valence-corrected chi connectivity index (χ0v) is 8.21. The molecule has 3 heteroatoms. The minimum absolute atomic E-state index is 0.623. The van der Waals surface area contributed by atoms with Crippen LogP contribution in [0.3, 0.4) is 0 Å². The molecule has 1 saturated heterocycles. The molecule has 1 aliphatic carbocycles. The van der Waals surface area contributed by atoms with Crippen LogP contribution in [0.15, 0.2) is 0 Å². The molecular weight excluding hydrogens is 174 g/mol. The zero-order valence-electron chi connectivity index (χ0n) is 8.21. The van der Waals surface area contributed by atoms with Gasteiger partial charge in [0.05, 0.1) is 5.69 Å². The molecular formula is C11H15N3. The highest BCUT2D eigenvalue weighted by Crippen LogP contribution is 2.46. The summed E-state index contributed by atoms with van der Waals surface area (Å²) in [4.78, 5) is 0. The van der Waals surface area contributed by atoms with Gasteiger partial charge in [0.15, 0.2) is 0 Å². The molecule has 2 fully saturated rings. The van der Waals surface area contributed by atoms with Crippen LogP contribution in [-0.4, -0.2) is 16.2 Å². The molecule has 2 bridgehead atoms. The molecule has 3 aliphatic rings. The summed E-state index contributed by atoms with van der Waals surface area (Å²) in [5, 5.41) is 11.5. The van der Waals surface area contributed by atoms with Crippen LogP contribution in [0.25, 0.3) is 0 Å². The van der Waals surface area contributed by atoms with Crippen LogP contribution >= 0.6 is 0 Å². The molecule has 2 aliphatic heterocycles. The highest BCUT2D eigenvalue weighted by atomic mass is 15.2. The molecule has 2 atom stereocenters. The molecule has 1 aromatic rings. The highest BCUT2D eigenvalue weighted by molar-refractivity contribution is 5.37. The van der Waals surface area contributed by atoms with Crippen molar-refractivity contribution in [1.29, 1.82) is 0 Å². The van der Waals surface area contributed by atoms with Gasteiger partial charge in [0, 0.05) is 35.7 Å². The molecule has 74 valence electrons. The number of fused-ring (bicyclic) bond motifs is 4. The number of rotatable bonds is 1. The van der Waals surface area contributed by atoms with Gasteiger partial charge < -0.3 is 5.32 Å². The van der Waals surface area contributed by atoms with E-state index in [4.69, 9.17) is 0 Å². The standard InChI is InChI=1S/C11H15N3/c1-2-6(1)11-10-8-4-3-7(12-8)5-9(10)13-14-11/h6-8,12H,1-5H2,(H,13,14)/t7-,8-/m0/s1. The summed E-state index contributed by atoms with van der Waals surface area (Å²) in [6.07, 6.45) is 6.54. The Morgan fingerprint density at radius 3 is 2.93 bits per heavy atom. The SMILES string of the molecule is C1CC1c1n[nH]c2c1[C@@H]1CC[C@@H](C2)N1. The number of hydrogen-bond donors (Lipinski definition) is 2. The maximum atomic E-state index is 4.51. The van der Waals surface area contributed by atoms with Gasteiger partial charge in [-0.15, -0.1) is 0 Å². The van der Waals surface area contributed by atoms with Gasteiger partial charge in [-0.1, -0.05) is 0 Å². The van der Waals surface area contributed by atoms with Crippen molar-refractivity contribution in [2.75, 3.05) is 0 Å². The molecule has 0 aromatic carbocycles. The van der Waals surface area contributed by atoms with Gasteiger partial charge in [0.25, 0.3) is 0 Å². The first-order valence-electron chi connectivity index (χ1n) is 5.75. The van der Waals surface area contributed by atoms with Gasteiger partial charge in [0.1, 0.15) is 0 Å². The average molecular weight is 189 g/mol. The van der Waals surface area contributed by atoms with E-state index in [9.17, 15) is 0 Å². The third-order valence-corrected chi connectivity index (χ3v) is 3.92. The fourth-order valence-corrected chi connectivity index (χ4v) is 3.07. The molecule has 3 nitrogen and oxygen atoms in total. The van der Waals surface area contributed by atoms with E-state index in [0.29, 0.717) is 6.04 Å². The highest BCUT2D eigenvalue weighted by Gasteiger charge is 2.39. The summed E-state index contributed by atoms with van der Waals surface area (Å²) in [7, 11) is 0. The van der Waals surface area contributed by atoms with E-state index in [1.165, 1.54) is 43.5 Å². The van der Waals surface area contributed by atoms with Gasteiger partial charge >= 0.3 is 0 Å². The Morgan fingerprint density at radius 2 is 2.07 bits per heavy atom. The van der Waals surface area contributed by atoms with E-state index in [1.807, 2.05) is 0 Å². The van der Waals surface area contributed by atoms with Crippen LogP contribution in [0.5, 0.6) is 0 Å². The minimum Gasteiger partial charge on any atom is -0.307 e. The van der Waals surface area contributed by atoms with E-state index < -0.39 is 0 Å². The monoisotopic (exact) mass is 189 g/mol. The number of hydrogen-bond acceptors (Lipinski definition) is 2. The quantitative estimate of drug-likeness (QED) is 0.705. The van der Waals surface area contributed by atoms with Gasteiger partial charge in [-0.2, -0.15) is 5.10 Å². The summed E-state index contributed by atoms with van der Waals surface area (Å²) >= 11 is 0. The number of aromatic amines is 1. The normalized spacial score (nSPS) is 34.6. The van der Waals surface area contributed by atoms with Crippen LogP contribution in [-0.2, 0) is 6.42 Å². The Kier molecular flexibility index (Phi) is 1.28. The van der Waals surface area contributed by atoms with Crippen molar-refractivity contribution >= 4 is 0 Å². The third kappa shape index (κ3) is 0.883. The molecule has 4 rings (SSSR count). The van der Waals surface area contributed by atoms with E-state index in [-0.39, 0.29) is 0 Å². The second-order valence-electron chi connectivity index (χ2n) is 4.97. The Labute approximate surface area is 83.3 Å². The summed E-state index contributed by atoms with van der Waals surface area (Å²) in [6, 6.07) is 1.35. The molecule has 0 amide bonds. The maximum Gasteiger partial charge on any atom is 0.0703 e. The van der Waals surface area contributed by atoms with Crippen molar-refractivity contribution in [3.63, 3.8) is 0 Å². The van der Waals surface area contributed by atoms with Crippen LogP contribution in [0, 0.1) is 0 Å². The molecule has 0 spiro atoms. The molecule has 0 radical (unpaired) electrons. The zero-order chi connectivity index (χ0) is 9.12. The number of nitrogens with one attached hydrogen (secondary N) is 2. The van der Waals surface area contributed by atoms with Gasteiger partial charge in [-0.05, 0) is 25.7 Å². The Morgan fingerprint density at radius 1 is 1.14 bits per heavy atom. The van der Waals surface area contributed by atoms with E-state index in [2.05, 4.69) is 15.5 Å². The van der Waals surface area contributed by atoms with Crippen LogP contribution < -0.4 is 5.32 Å². The van der Waals surface area contributed by atoms with Gasteiger partial charge in [-0.3, -0.25) is 5.10 Å². The molecule has 0 unspecified atom stereocenters. The lowest BCUT2D eigenvalue weighted by molar-refractivity contribution is 0.509. The molecule has 3 heterocycles. The summed E-state index contributed by atoms with van der Waals surface area (Å²) in [6.45, 7) is 0. The van der Waals surface area contributed by atoms with Crippen molar-refractivity contribution in [1.82, 2.24) is 15.5 Å². The summed E-state index contributed by atoms with van der Waals surface area (Å²) in [5.41, 5.74) is 4.36. The van der Waals surface area contributed by atoms with Crippen molar-refractivity contribution in [2.45, 2.75) is 50.1 Å². The van der Waals surface area contributed by atoms with E-state index >= 15 is 0 Å². The molecule has 2 N–H and O–H groups in total. The van der Waals surface area contributed by atoms with E-state index in [0.717, 1.165) is 12.0 Å². The number of aromatic nitrogens is 2. The Bertz CT molecular complexity index is 378.